The van der Waals surface area contributed by atoms with Gasteiger partial charge in [-0.2, -0.15) is 0 Å². The third kappa shape index (κ3) is 5.19. The molecule has 0 amide bonds. The standard InChI is InChI=1S/C23H32O/c1-3-5-7-9-17-22-21-16-11-10-15-20(21)19(13-8-6-4-2)14-12-18-23(22)24/h6,8,10-12,14-16,19,22H,3-5,7,9,13,17-18H2,1-2H3/b8-6+,14-12-/t19-,22-/m1/s1. The molecule has 0 spiro atoms. The summed E-state index contributed by atoms with van der Waals surface area (Å²) in [7, 11) is 0. The summed E-state index contributed by atoms with van der Waals surface area (Å²) in [5.74, 6) is 0.869. The first-order chi connectivity index (χ1) is 11.8. The Kier molecular flexibility index (Phi) is 8.01. The minimum atomic E-state index is 0.0839. The Balaban J connectivity index is 2.23. The van der Waals surface area contributed by atoms with Crippen LogP contribution >= 0.6 is 0 Å². The largest absolute Gasteiger partial charge is 0.299 e. The number of Topliss-reactive ketones (excluding diaryl/α,β-unsaturated/α-hetero) is 1. The van der Waals surface area contributed by atoms with E-state index in [0.29, 0.717) is 18.1 Å². The molecule has 24 heavy (non-hydrogen) atoms. The van der Waals surface area contributed by atoms with Crippen LogP contribution in [0.2, 0.25) is 0 Å². The summed E-state index contributed by atoms with van der Waals surface area (Å²) in [6.45, 7) is 4.40. The second-order valence-electron chi connectivity index (χ2n) is 6.85. The molecule has 1 aliphatic rings. The van der Waals surface area contributed by atoms with Gasteiger partial charge in [0.2, 0.25) is 0 Å². The van der Waals surface area contributed by atoms with Gasteiger partial charge in [-0.3, -0.25) is 4.79 Å². The van der Waals surface area contributed by atoms with Gasteiger partial charge in [0.25, 0.3) is 0 Å². The zero-order chi connectivity index (χ0) is 17.2. The number of benzene rings is 1. The third-order valence-electron chi connectivity index (χ3n) is 4.99. The fourth-order valence-corrected chi connectivity index (χ4v) is 3.64. The van der Waals surface area contributed by atoms with Gasteiger partial charge < -0.3 is 0 Å². The predicted molar refractivity (Wildman–Crippen MR) is 103 cm³/mol. The number of carbonyl (C=O) groups excluding carboxylic acids is 1. The van der Waals surface area contributed by atoms with Gasteiger partial charge in [0.05, 0.1) is 0 Å². The maximum Gasteiger partial charge on any atom is 0.144 e. The number of carbonyl (C=O) groups is 1. The van der Waals surface area contributed by atoms with Crippen LogP contribution in [0.3, 0.4) is 0 Å². The molecule has 0 unspecified atom stereocenters. The zero-order valence-electron chi connectivity index (χ0n) is 15.3. The Morgan fingerprint density at radius 3 is 2.58 bits per heavy atom. The van der Waals surface area contributed by atoms with E-state index in [4.69, 9.17) is 0 Å². The summed E-state index contributed by atoms with van der Waals surface area (Å²) in [5.41, 5.74) is 2.63. The maximum absolute atomic E-state index is 12.7. The second-order valence-corrected chi connectivity index (χ2v) is 6.85. The van der Waals surface area contributed by atoms with Crippen molar-refractivity contribution in [3.05, 3.63) is 59.7 Å². The first-order valence-electron chi connectivity index (χ1n) is 9.71. The Morgan fingerprint density at radius 1 is 1.04 bits per heavy atom. The number of unbranched alkanes of at least 4 members (excludes halogenated alkanes) is 3. The molecule has 0 bridgehead atoms. The molecule has 0 aliphatic heterocycles. The summed E-state index contributed by atoms with van der Waals surface area (Å²) in [5, 5.41) is 0. The average molecular weight is 325 g/mol. The van der Waals surface area contributed by atoms with E-state index < -0.39 is 0 Å². The first kappa shape index (κ1) is 18.7. The summed E-state index contributed by atoms with van der Waals surface area (Å²) in [6.07, 6.45) is 17.5. The van der Waals surface area contributed by atoms with Crippen molar-refractivity contribution in [2.45, 2.75) is 77.0 Å². The van der Waals surface area contributed by atoms with E-state index in [-0.39, 0.29) is 5.92 Å². The topological polar surface area (TPSA) is 17.1 Å². The number of fused-ring (bicyclic) bond motifs is 1. The monoisotopic (exact) mass is 324 g/mol. The average Bonchev–Trinajstić information content (AvgIpc) is 2.59. The predicted octanol–water partition coefficient (Wildman–Crippen LogP) is 6.71. The fraction of sp³-hybridized carbons (Fsp3) is 0.522. The number of rotatable bonds is 8. The molecule has 1 aromatic carbocycles. The highest BCUT2D eigenvalue weighted by Gasteiger charge is 2.25. The number of allylic oxidation sites excluding steroid dienone is 4. The van der Waals surface area contributed by atoms with E-state index >= 15 is 0 Å². The van der Waals surface area contributed by atoms with Crippen molar-refractivity contribution >= 4 is 5.78 Å². The van der Waals surface area contributed by atoms with Gasteiger partial charge in [-0.1, -0.05) is 88.1 Å². The van der Waals surface area contributed by atoms with Crippen molar-refractivity contribution in [2.75, 3.05) is 0 Å². The molecule has 0 heterocycles. The second kappa shape index (κ2) is 10.3. The normalized spacial score (nSPS) is 22.2. The lowest BCUT2D eigenvalue weighted by Gasteiger charge is -2.24. The van der Waals surface area contributed by atoms with Crippen molar-refractivity contribution in [2.24, 2.45) is 0 Å². The summed E-state index contributed by atoms with van der Waals surface area (Å²) in [4.78, 5) is 12.7. The van der Waals surface area contributed by atoms with Crippen LogP contribution in [0.25, 0.3) is 0 Å². The van der Waals surface area contributed by atoms with Gasteiger partial charge in [0.15, 0.2) is 0 Å². The molecule has 2 rings (SSSR count). The van der Waals surface area contributed by atoms with Gasteiger partial charge in [-0.05, 0) is 30.4 Å². The van der Waals surface area contributed by atoms with Crippen molar-refractivity contribution in [1.29, 1.82) is 0 Å². The van der Waals surface area contributed by atoms with Crippen LogP contribution in [0, 0.1) is 0 Å². The van der Waals surface area contributed by atoms with Gasteiger partial charge in [-0.25, -0.2) is 0 Å². The Bertz CT molecular complexity index is 567. The van der Waals surface area contributed by atoms with Crippen LogP contribution in [0.5, 0.6) is 0 Å². The summed E-state index contributed by atoms with van der Waals surface area (Å²) >= 11 is 0. The van der Waals surface area contributed by atoms with Gasteiger partial charge in [0, 0.05) is 18.3 Å². The molecule has 0 fully saturated rings. The van der Waals surface area contributed by atoms with Gasteiger partial charge in [-0.15, -0.1) is 0 Å². The minimum absolute atomic E-state index is 0.0839. The highest BCUT2D eigenvalue weighted by molar-refractivity contribution is 5.87. The molecule has 1 nitrogen and oxygen atoms in total. The van der Waals surface area contributed by atoms with Crippen LogP contribution in [-0.2, 0) is 4.79 Å². The molecular formula is C23H32O. The summed E-state index contributed by atoms with van der Waals surface area (Å²) in [6, 6.07) is 8.62. The zero-order valence-corrected chi connectivity index (χ0v) is 15.3. The highest BCUT2D eigenvalue weighted by atomic mass is 16.1. The number of hydrogen-bond donors (Lipinski definition) is 0. The van der Waals surface area contributed by atoms with Gasteiger partial charge >= 0.3 is 0 Å². The molecular weight excluding hydrogens is 292 g/mol. The van der Waals surface area contributed by atoms with Crippen LogP contribution in [0.1, 0.15) is 88.2 Å². The van der Waals surface area contributed by atoms with E-state index in [1.165, 1.54) is 30.4 Å². The number of hydrogen-bond acceptors (Lipinski definition) is 1. The van der Waals surface area contributed by atoms with Crippen molar-refractivity contribution < 1.29 is 4.79 Å². The Morgan fingerprint density at radius 2 is 1.83 bits per heavy atom. The lowest BCUT2D eigenvalue weighted by Crippen LogP contribution is -2.17. The molecule has 0 saturated carbocycles. The van der Waals surface area contributed by atoms with Crippen LogP contribution < -0.4 is 0 Å². The summed E-state index contributed by atoms with van der Waals surface area (Å²) < 4.78 is 0. The Labute approximate surface area is 147 Å². The lowest BCUT2D eigenvalue weighted by atomic mass is 9.79. The van der Waals surface area contributed by atoms with E-state index in [9.17, 15) is 4.79 Å². The molecule has 0 N–H and O–H groups in total. The molecule has 0 aromatic heterocycles. The van der Waals surface area contributed by atoms with E-state index in [0.717, 1.165) is 25.7 Å². The van der Waals surface area contributed by atoms with Crippen LogP contribution in [0.15, 0.2) is 48.6 Å². The van der Waals surface area contributed by atoms with E-state index in [1.807, 2.05) is 0 Å². The quantitative estimate of drug-likeness (QED) is 0.383. The first-order valence-corrected chi connectivity index (χ1v) is 9.71. The van der Waals surface area contributed by atoms with E-state index in [2.05, 4.69) is 62.4 Å². The molecule has 0 saturated heterocycles. The van der Waals surface area contributed by atoms with Crippen LogP contribution in [-0.4, -0.2) is 5.78 Å². The molecule has 1 aliphatic carbocycles. The van der Waals surface area contributed by atoms with E-state index in [1.54, 1.807) is 0 Å². The molecule has 130 valence electrons. The Hall–Kier alpha value is -1.63. The van der Waals surface area contributed by atoms with Crippen LogP contribution in [0.4, 0.5) is 0 Å². The molecule has 1 aromatic rings. The smallest absolute Gasteiger partial charge is 0.144 e. The molecule has 2 atom stereocenters. The molecule has 1 heteroatoms. The lowest BCUT2D eigenvalue weighted by molar-refractivity contribution is -0.119. The fourth-order valence-electron chi connectivity index (χ4n) is 3.64. The van der Waals surface area contributed by atoms with Crippen molar-refractivity contribution in [3.63, 3.8) is 0 Å². The SMILES string of the molecule is CC/C=C/C[C@@H]1/C=C\CC(=O)[C@H](CCCCCC)c2ccccc21. The molecule has 0 radical (unpaired) electrons. The highest BCUT2D eigenvalue weighted by Crippen LogP contribution is 2.35. The third-order valence-corrected chi connectivity index (χ3v) is 4.99. The maximum atomic E-state index is 12.7. The van der Waals surface area contributed by atoms with Crippen molar-refractivity contribution in [1.82, 2.24) is 0 Å². The minimum Gasteiger partial charge on any atom is -0.299 e. The van der Waals surface area contributed by atoms with Crippen molar-refractivity contribution in [3.8, 4) is 0 Å². The number of ketones is 1. The van der Waals surface area contributed by atoms with Gasteiger partial charge in [0.1, 0.15) is 5.78 Å².